The molecule has 90 valence electrons. The Kier molecular flexibility index (Phi) is 6.52. The fourth-order valence-corrected chi connectivity index (χ4v) is 1.36. The minimum atomic E-state index is -0.897. The summed E-state index contributed by atoms with van der Waals surface area (Å²) in [5.74, 6) is -0.837. The highest BCUT2D eigenvalue weighted by atomic mass is 16.5. The standard InChI is InChI=1S/C11H23NO3/c1-5-6-7-15-9(2)8-11(3,12-4)10(13)14/h9,12H,5-8H2,1-4H3,(H,13,14). The van der Waals surface area contributed by atoms with Gasteiger partial charge in [0.2, 0.25) is 0 Å². The van der Waals surface area contributed by atoms with E-state index < -0.39 is 11.5 Å². The van der Waals surface area contributed by atoms with Crippen LogP contribution in [0.25, 0.3) is 0 Å². The number of unbranched alkanes of at least 4 members (excludes halogenated alkanes) is 1. The maximum Gasteiger partial charge on any atom is 0.323 e. The Balaban J connectivity index is 4.01. The van der Waals surface area contributed by atoms with E-state index in [0.717, 1.165) is 12.8 Å². The normalized spacial score (nSPS) is 17.1. The first-order valence-corrected chi connectivity index (χ1v) is 5.50. The molecule has 0 aromatic carbocycles. The molecule has 4 heteroatoms. The second-order valence-electron chi connectivity index (χ2n) is 4.13. The van der Waals surface area contributed by atoms with E-state index in [2.05, 4.69) is 12.2 Å². The van der Waals surface area contributed by atoms with Crippen molar-refractivity contribution in [3.05, 3.63) is 0 Å². The minimum Gasteiger partial charge on any atom is -0.480 e. The largest absolute Gasteiger partial charge is 0.480 e. The van der Waals surface area contributed by atoms with Crippen LogP contribution in [-0.4, -0.2) is 36.4 Å². The molecular formula is C11H23NO3. The summed E-state index contributed by atoms with van der Waals surface area (Å²) in [4.78, 5) is 11.0. The fourth-order valence-electron chi connectivity index (χ4n) is 1.36. The van der Waals surface area contributed by atoms with E-state index in [9.17, 15) is 4.79 Å². The van der Waals surface area contributed by atoms with Crippen molar-refractivity contribution in [3.8, 4) is 0 Å². The Bertz CT molecular complexity index is 196. The predicted molar refractivity (Wildman–Crippen MR) is 60.0 cm³/mol. The first kappa shape index (κ1) is 14.4. The van der Waals surface area contributed by atoms with Gasteiger partial charge >= 0.3 is 5.97 Å². The van der Waals surface area contributed by atoms with Crippen LogP contribution in [0.3, 0.4) is 0 Å². The zero-order valence-corrected chi connectivity index (χ0v) is 10.2. The number of hydrogen-bond acceptors (Lipinski definition) is 3. The van der Waals surface area contributed by atoms with E-state index in [1.165, 1.54) is 0 Å². The number of rotatable bonds is 8. The maximum absolute atomic E-state index is 11.0. The van der Waals surface area contributed by atoms with Gasteiger partial charge in [-0.25, -0.2) is 0 Å². The monoisotopic (exact) mass is 217 g/mol. The zero-order chi connectivity index (χ0) is 11.9. The van der Waals surface area contributed by atoms with E-state index in [1.807, 2.05) is 6.92 Å². The van der Waals surface area contributed by atoms with Gasteiger partial charge in [0, 0.05) is 13.0 Å². The summed E-state index contributed by atoms with van der Waals surface area (Å²) in [6.45, 7) is 6.39. The average molecular weight is 217 g/mol. The lowest BCUT2D eigenvalue weighted by atomic mass is 9.95. The molecule has 2 atom stereocenters. The molecule has 0 aromatic heterocycles. The van der Waals surface area contributed by atoms with E-state index in [-0.39, 0.29) is 6.10 Å². The summed E-state index contributed by atoms with van der Waals surface area (Å²) in [5, 5.41) is 11.9. The van der Waals surface area contributed by atoms with Crippen LogP contribution < -0.4 is 5.32 Å². The van der Waals surface area contributed by atoms with Gasteiger partial charge in [-0.3, -0.25) is 4.79 Å². The van der Waals surface area contributed by atoms with Gasteiger partial charge in [-0.05, 0) is 27.3 Å². The topological polar surface area (TPSA) is 58.6 Å². The molecule has 0 aliphatic rings. The molecule has 0 rings (SSSR count). The van der Waals surface area contributed by atoms with Crippen LogP contribution in [0.15, 0.2) is 0 Å². The van der Waals surface area contributed by atoms with Gasteiger partial charge in [-0.2, -0.15) is 0 Å². The van der Waals surface area contributed by atoms with Crippen molar-refractivity contribution in [2.24, 2.45) is 0 Å². The Hall–Kier alpha value is -0.610. The van der Waals surface area contributed by atoms with Crippen molar-refractivity contribution in [2.75, 3.05) is 13.7 Å². The number of ether oxygens (including phenoxy) is 1. The van der Waals surface area contributed by atoms with Gasteiger partial charge in [0.05, 0.1) is 6.10 Å². The quantitative estimate of drug-likeness (QED) is 0.607. The fraction of sp³-hybridized carbons (Fsp3) is 0.909. The van der Waals surface area contributed by atoms with Crippen molar-refractivity contribution in [2.45, 2.75) is 51.7 Å². The van der Waals surface area contributed by atoms with Crippen LogP contribution in [0.2, 0.25) is 0 Å². The summed E-state index contributed by atoms with van der Waals surface area (Å²) in [6, 6.07) is 0. The molecule has 0 saturated heterocycles. The number of carboxylic acid groups (broad SMARTS) is 1. The van der Waals surface area contributed by atoms with Crippen LogP contribution in [-0.2, 0) is 9.53 Å². The highest BCUT2D eigenvalue weighted by molar-refractivity contribution is 5.78. The smallest absolute Gasteiger partial charge is 0.323 e. The summed E-state index contributed by atoms with van der Waals surface area (Å²) in [6.07, 6.45) is 2.55. The molecule has 15 heavy (non-hydrogen) atoms. The molecule has 0 fully saturated rings. The van der Waals surface area contributed by atoms with Crippen LogP contribution in [0.4, 0.5) is 0 Å². The van der Waals surface area contributed by atoms with Crippen molar-refractivity contribution in [3.63, 3.8) is 0 Å². The molecule has 0 saturated carbocycles. The van der Waals surface area contributed by atoms with Gasteiger partial charge in [0.15, 0.2) is 0 Å². The Morgan fingerprint density at radius 1 is 1.60 bits per heavy atom. The molecular weight excluding hydrogens is 194 g/mol. The number of hydrogen-bond donors (Lipinski definition) is 2. The Labute approximate surface area is 92.0 Å². The molecule has 0 aliphatic carbocycles. The van der Waals surface area contributed by atoms with E-state index in [0.29, 0.717) is 13.0 Å². The zero-order valence-electron chi connectivity index (χ0n) is 10.2. The van der Waals surface area contributed by atoms with Gasteiger partial charge < -0.3 is 15.2 Å². The van der Waals surface area contributed by atoms with Gasteiger partial charge in [-0.15, -0.1) is 0 Å². The maximum atomic E-state index is 11.0. The summed E-state index contributed by atoms with van der Waals surface area (Å²) >= 11 is 0. The number of aliphatic carboxylic acids is 1. The molecule has 0 aromatic rings. The summed E-state index contributed by atoms with van der Waals surface area (Å²) in [7, 11) is 1.66. The molecule has 0 spiro atoms. The molecule has 0 radical (unpaired) electrons. The van der Waals surface area contributed by atoms with Crippen molar-refractivity contribution in [1.82, 2.24) is 5.32 Å². The van der Waals surface area contributed by atoms with Crippen molar-refractivity contribution < 1.29 is 14.6 Å². The van der Waals surface area contributed by atoms with Gasteiger partial charge in [-0.1, -0.05) is 13.3 Å². The summed E-state index contributed by atoms with van der Waals surface area (Å²) < 4.78 is 5.53. The third kappa shape index (κ3) is 5.14. The van der Waals surface area contributed by atoms with Crippen LogP contribution in [0.1, 0.15) is 40.0 Å². The van der Waals surface area contributed by atoms with Crippen LogP contribution in [0.5, 0.6) is 0 Å². The average Bonchev–Trinajstić information content (AvgIpc) is 2.17. The number of carboxylic acids is 1. The number of likely N-dealkylation sites (N-methyl/N-ethyl adjacent to an activating group) is 1. The highest BCUT2D eigenvalue weighted by Crippen LogP contribution is 2.14. The molecule has 0 amide bonds. The second kappa shape index (κ2) is 6.80. The molecule has 0 bridgehead atoms. The Morgan fingerprint density at radius 3 is 2.60 bits per heavy atom. The number of nitrogens with one attached hydrogen (secondary N) is 1. The van der Waals surface area contributed by atoms with E-state index in [4.69, 9.17) is 9.84 Å². The molecule has 4 nitrogen and oxygen atoms in total. The van der Waals surface area contributed by atoms with Crippen LogP contribution >= 0.6 is 0 Å². The molecule has 0 heterocycles. The third-order valence-electron chi connectivity index (χ3n) is 2.62. The SMILES string of the molecule is CCCCOC(C)CC(C)(NC)C(=O)O. The first-order chi connectivity index (χ1) is 6.96. The lowest BCUT2D eigenvalue weighted by Gasteiger charge is -2.27. The molecule has 2 unspecified atom stereocenters. The summed E-state index contributed by atoms with van der Waals surface area (Å²) in [5.41, 5.74) is -0.897. The molecule has 2 N–H and O–H groups in total. The second-order valence-corrected chi connectivity index (χ2v) is 4.13. The lowest BCUT2D eigenvalue weighted by molar-refractivity contribution is -0.145. The Morgan fingerprint density at radius 2 is 2.20 bits per heavy atom. The first-order valence-electron chi connectivity index (χ1n) is 5.50. The lowest BCUT2D eigenvalue weighted by Crippen LogP contribution is -2.49. The van der Waals surface area contributed by atoms with Gasteiger partial charge in [0.1, 0.15) is 5.54 Å². The third-order valence-corrected chi connectivity index (χ3v) is 2.62. The highest BCUT2D eigenvalue weighted by Gasteiger charge is 2.33. The van der Waals surface area contributed by atoms with Gasteiger partial charge in [0.25, 0.3) is 0 Å². The van der Waals surface area contributed by atoms with Crippen molar-refractivity contribution in [1.29, 1.82) is 0 Å². The van der Waals surface area contributed by atoms with Crippen LogP contribution in [0, 0.1) is 0 Å². The molecule has 0 aliphatic heterocycles. The van der Waals surface area contributed by atoms with E-state index in [1.54, 1.807) is 14.0 Å². The van der Waals surface area contributed by atoms with Crippen molar-refractivity contribution >= 4 is 5.97 Å². The minimum absolute atomic E-state index is 0.0369. The predicted octanol–water partition coefficient (Wildman–Crippen LogP) is 1.64. The number of carbonyl (C=O) groups is 1. The van der Waals surface area contributed by atoms with E-state index >= 15 is 0 Å².